The zero-order valence-corrected chi connectivity index (χ0v) is 17.1. The standard InChI is InChI=1S/C16H29N5O8S/c17-4-2-1-3-9(16(28)29)19-15(27)11(6-22)21-14(26)10(5-12(23)24)20-13(25)8(18)7-30/h8-11,22,30H,1-7,17-18H2,(H,19,27)(H,20,25)(H,21,26)(H,23,24)(H,28,29). The van der Waals surface area contributed by atoms with E-state index in [-0.39, 0.29) is 12.2 Å². The first-order valence-corrected chi connectivity index (χ1v) is 9.73. The van der Waals surface area contributed by atoms with Gasteiger partial charge < -0.3 is 42.7 Å². The van der Waals surface area contributed by atoms with Gasteiger partial charge in [0, 0.05) is 5.75 Å². The van der Waals surface area contributed by atoms with E-state index in [9.17, 15) is 34.2 Å². The fourth-order valence-corrected chi connectivity index (χ4v) is 2.40. The number of carbonyl (C=O) groups excluding carboxylic acids is 3. The fourth-order valence-electron chi connectivity index (χ4n) is 2.23. The third-order valence-corrected chi connectivity index (χ3v) is 4.32. The molecule has 0 aliphatic heterocycles. The second kappa shape index (κ2) is 14.5. The average Bonchev–Trinajstić information content (AvgIpc) is 2.69. The van der Waals surface area contributed by atoms with E-state index in [1.807, 2.05) is 0 Å². The third kappa shape index (κ3) is 10.4. The van der Waals surface area contributed by atoms with Crippen molar-refractivity contribution in [1.82, 2.24) is 16.0 Å². The van der Waals surface area contributed by atoms with Crippen LogP contribution in [0.2, 0.25) is 0 Å². The van der Waals surface area contributed by atoms with Crippen molar-refractivity contribution in [2.45, 2.75) is 49.9 Å². The molecule has 0 aromatic heterocycles. The summed E-state index contributed by atoms with van der Waals surface area (Å²) >= 11 is 3.83. The minimum atomic E-state index is -1.58. The summed E-state index contributed by atoms with van der Waals surface area (Å²) in [4.78, 5) is 58.7. The highest BCUT2D eigenvalue weighted by Crippen LogP contribution is 2.02. The van der Waals surface area contributed by atoms with Crippen molar-refractivity contribution in [3.8, 4) is 0 Å². The molecule has 3 amide bonds. The molecule has 0 saturated carbocycles. The van der Waals surface area contributed by atoms with E-state index in [1.165, 1.54) is 0 Å². The highest BCUT2D eigenvalue weighted by atomic mass is 32.1. The van der Waals surface area contributed by atoms with E-state index in [0.717, 1.165) is 0 Å². The number of hydrogen-bond donors (Lipinski definition) is 9. The number of carbonyl (C=O) groups is 5. The number of carboxylic acids is 2. The number of aliphatic hydroxyl groups excluding tert-OH is 1. The zero-order chi connectivity index (χ0) is 23.3. The Morgan fingerprint density at radius 3 is 1.87 bits per heavy atom. The molecule has 0 aliphatic rings. The Bertz CT molecular complexity index is 620. The van der Waals surface area contributed by atoms with Crippen LogP contribution in [0.3, 0.4) is 0 Å². The molecule has 0 saturated heterocycles. The number of carboxylic acid groups (broad SMARTS) is 2. The largest absolute Gasteiger partial charge is 0.481 e. The Morgan fingerprint density at radius 2 is 1.40 bits per heavy atom. The molecule has 30 heavy (non-hydrogen) atoms. The summed E-state index contributed by atoms with van der Waals surface area (Å²) in [5.74, 6) is -5.66. The molecule has 0 aromatic rings. The molecule has 0 rings (SSSR count). The van der Waals surface area contributed by atoms with Gasteiger partial charge in [-0.3, -0.25) is 19.2 Å². The highest BCUT2D eigenvalue weighted by Gasteiger charge is 2.30. The van der Waals surface area contributed by atoms with Crippen LogP contribution in [0, 0.1) is 0 Å². The van der Waals surface area contributed by atoms with Gasteiger partial charge in [0.1, 0.15) is 18.1 Å². The van der Waals surface area contributed by atoms with Crippen LogP contribution in [0.1, 0.15) is 25.7 Å². The molecule has 0 heterocycles. The number of amides is 3. The molecular weight excluding hydrogens is 422 g/mol. The van der Waals surface area contributed by atoms with Gasteiger partial charge in [-0.25, -0.2) is 4.79 Å². The first-order valence-electron chi connectivity index (χ1n) is 9.10. The van der Waals surface area contributed by atoms with Crippen LogP contribution in [-0.2, 0) is 24.0 Å². The van der Waals surface area contributed by atoms with E-state index >= 15 is 0 Å². The summed E-state index contributed by atoms with van der Waals surface area (Å²) in [6.07, 6.45) is 0.254. The topological polar surface area (TPSA) is 234 Å². The maximum absolute atomic E-state index is 12.4. The number of unbranched alkanes of at least 4 members (excludes halogenated alkanes) is 1. The summed E-state index contributed by atoms with van der Waals surface area (Å²) in [6.45, 7) is -0.542. The summed E-state index contributed by atoms with van der Waals surface area (Å²) in [5, 5.41) is 34.0. The van der Waals surface area contributed by atoms with Crippen LogP contribution >= 0.6 is 12.6 Å². The lowest BCUT2D eigenvalue weighted by atomic mass is 10.1. The molecule has 14 heteroatoms. The Kier molecular flexibility index (Phi) is 13.4. The molecule has 4 atom stereocenters. The average molecular weight is 452 g/mol. The van der Waals surface area contributed by atoms with Crippen molar-refractivity contribution in [3.63, 3.8) is 0 Å². The first-order chi connectivity index (χ1) is 14.1. The molecule has 0 aliphatic carbocycles. The smallest absolute Gasteiger partial charge is 0.326 e. The van der Waals surface area contributed by atoms with Crippen molar-refractivity contribution in [1.29, 1.82) is 0 Å². The normalized spacial score (nSPS) is 14.7. The number of aliphatic carboxylic acids is 2. The third-order valence-electron chi connectivity index (χ3n) is 3.92. The van der Waals surface area contributed by atoms with E-state index < -0.39 is 66.9 Å². The molecule has 0 fully saturated rings. The Labute approximate surface area is 178 Å². The number of nitrogens with two attached hydrogens (primary N) is 2. The quantitative estimate of drug-likeness (QED) is 0.0875. The van der Waals surface area contributed by atoms with Crippen LogP contribution in [0.25, 0.3) is 0 Å². The number of nitrogens with one attached hydrogen (secondary N) is 3. The minimum absolute atomic E-state index is 0.0599. The molecule has 0 aromatic carbocycles. The van der Waals surface area contributed by atoms with Gasteiger partial charge in [-0.2, -0.15) is 12.6 Å². The molecule has 10 N–H and O–H groups in total. The Hall–Kier alpha value is -2.42. The predicted molar refractivity (Wildman–Crippen MR) is 108 cm³/mol. The molecule has 0 radical (unpaired) electrons. The maximum Gasteiger partial charge on any atom is 0.326 e. The second-order valence-electron chi connectivity index (χ2n) is 6.38. The van der Waals surface area contributed by atoms with Gasteiger partial charge in [0.25, 0.3) is 0 Å². The molecular formula is C16H29N5O8S. The molecule has 4 unspecified atom stereocenters. The molecule has 0 spiro atoms. The molecule has 172 valence electrons. The van der Waals surface area contributed by atoms with Gasteiger partial charge in [0.05, 0.1) is 19.1 Å². The Morgan fingerprint density at radius 1 is 0.867 bits per heavy atom. The van der Waals surface area contributed by atoms with Crippen molar-refractivity contribution in [2.24, 2.45) is 11.5 Å². The van der Waals surface area contributed by atoms with Gasteiger partial charge in [-0.1, -0.05) is 0 Å². The lowest BCUT2D eigenvalue weighted by molar-refractivity contribution is -0.143. The second-order valence-corrected chi connectivity index (χ2v) is 6.74. The predicted octanol–water partition coefficient (Wildman–Crippen LogP) is -3.62. The van der Waals surface area contributed by atoms with E-state index in [0.29, 0.717) is 19.4 Å². The van der Waals surface area contributed by atoms with Crippen molar-refractivity contribution in [2.75, 3.05) is 18.9 Å². The van der Waals surface area contributed by atoms with E-state index in [1.54, 1.807) is 0 Å². The van der Waals surface area contributed by atoms with Gasteiger partial charge >= 0.3 is 11.9 Å². The summed E-state index contributed by atoms with van der Waals surface area (Å²) in [7, 11) is 0. The van der Waals surface area contributed by atoms with Crippen molar-refractivity contribution >= 4 is 42.3 Å². The van der Waals surface area contributed by atoms with Crippen molar-refractivity contribution in [3.05, 3.63) is 0 Å². The first kappa shape index (κ1) is 27.6. The van der Waals surface area contributed by atoms with Gasteiger partial charge in [-0.05, 0) is 25.8 Å². The van der Waals surface area contributed by atoms with Crippen molar-refractivity contribution < 1.29 is 39.3 Å². The lowest BCUT2D eigenvalue weighted by Gasteiger charge is -2.23. The minimum Gasteiger partial charge on any atom is -0.481 e. The summed E-state index contributed by atoms with van der Waals surface area (Å²) in [5.41, 5.74) is 10.8. The molecule has 13 nitrogen and oxygen atoms in total. The van der Waals surface area contributed by atoms with Crippen LogP contribution in [0.15, 0.2) is 0 Å². The number of thiol groups is 1. The van der Waals surface area contributed by atoms with Gasteiger partial charge in [0.2, 0.25) is 17.7 Å². The summed E-state index contributed by atoms with van der Waals surface area (Å²) in [6, 6.07) is -5.51. The van der Waals surface area contributed by atoms with Gasteiger partial charge in [-0.15, -0.1) is 0 Å². The Balaban J connectivity index is 5.14. The lowest BCUT2D eigenvalue weighted by Crippen LogP contribution is -2.58. The number of aliphatic hydroxyl groups is 1. The summed E-state index contributed by atoms with van der Waals surface area (Å²) < 4.78 is 0. The number of hydrogen-bond acceptors (Lipinski definition) is 9. The van der Waals surface area contributed by atoms with Crippen LogP contribution in [0.5, 0.6) is 0 Å². The van der Waals surface area contributed by atoms with Gasteiger partial charge in [0.15, 0.2) is 0 Å². The number of rotatable bonds is 15. The van der Waals surface area contributed by atoms with E-state index in [2.05, 4.69) is 28.6 Å². The zero-order valence-electron chi connectivity index (χ0n) is 16.2. The van der Waals surface area contributed by atoms with Crippen LogP contribution in [-0.4, -0.2) is 88.1 Å². The SMILES string of the molecule is NCCCCC(NC(=O)C(CO)NC(=O)C(CC(=O)O)NC(=O)C(N)CS)C(=O)O. The van der Waals surface area contributed by atoms with Crippen LogP contribution < -0.4 is 27.4 Å². The monoisotopic (exact) mass is 451 g/mol. The molecule has 0 bridgehead atoms. The highest BCUT2D eigenvalue weighted by molar-refractivity contribution is 7.80. The maximum atomic E-state index is 12.4. The van der Waals surface area contributed by atoms with Crippen LogP contribution in [0.4, 0.5) is 0 Å². The fraction of sp³-hybridized carbons (Fsp3) is 0.688. The van der Waals surface area contributed by atoms with E-state index in [4.69, 9.17) is 16.6 Å².